The lowest BCUT2D eigenvalue weighted by atomic mass is 10.1. The Morgan fingerprint density at radius 3 is 2.65 bits per heavy atom. The van der Waals surface area contributed by atoms with Crippen LogP contribution in [-0.2, 0) is 6.18 Å². The number of anilines is 1. The van der Waals surface area contributed by atoms with Gasteiger partial charge >= 0.3 is 6.18 Å². The molecule has 1 fully saturated rings. The highest BCUT2D eigenvalue weighted by Gasteiger charge is 2.37. The number of thiophene rings is 1. The fourth-order valence-electron chi connectivity index (χ4n) is 4.37. The third-order valence-corrected chi connectivity index (χ3v) is 6.91. The normalized spacial score (nSPS) is 16.9. The first-order valence-electron chi connectivity index (χ1n) is 10.8. The van der Waals surface area contributed by atoms with Crippen molar-refractivity contribution in [3.05, 3.63) is 70.9 Å². The fourth-order valence-corrected chi connectivity index (χ4v) is 5.06. The molecule has 0 spiro atoms. The lowest BCUT2D eigenvalue weighted by Gasteiger charge is -2.41. The molecule has 176 valence electrons. The van der Waals surface area contributed by atoms with Crippen molar-refractivity contribution in [1.82, 2.24) is 19.5 Å². The standard InChI is InChI=1S/C24H22F3N5OS/c1-15-5-3-6-17(11-15)31-9-8-30(14-16(31)2)23(33)18-13-28-32-21(24(25,26)27)12-19(29-22(18)32)20-7-4-10-34-20/h3-7,10-13,16H,8-9,14H2,1-2H3/t16-/m0/s1. The summed E-state index contributed by atoms with van der Waals surface area (Å²) in [4.78, 5) is 22.3. The van der Waals surface area contributed by atoms with Gasteiger partial charge in [0.15, 0.2) is 11.3 Å². The summed E-state index contributed by atoms with van der Waals surface area (Å²) < 4.78 is 42.1. The summed E-state index contributed by atoms with van der Waals surface area (Å²) in [5.41, 5.74) is 1.44. The number of piperazine rings is 1. The molecule has 1 atom stereocenters. The summed E-state index contributed by atoms with van der Waals surface area (Å²) in [5, 5.41) is 5.66. The van der Waals surface area contributed by atoms with E-state index in [1.165, 1.54) is 17.5 Å². The van der Waals surface area contributed by atoms with Crippen LogP contribution >= 0.6 is 11.3 Å². The van der Waals surface area contributed by atoms with Crippen molar-refractivity contribution < 1.29 is 18.0 Å². The SMILES string of the molecule is Cc1cccc(N2CCN(C(=O)c3cnn4c(C(F)(F)F)cc(-c5cccs5)nc34)C[C@@H]2C)c1. The molecular formula is C24H22F3N5OS. The molecule has 6 nitrogen and oxygen atoms in total. The Balaban J connectivity index is 1.48. The van der Waals surface area contributed by atoms with Crippen molar-refractivity contribution in [3.63, 3.8) is 0 Å². The summed E-state index contributed by atoms with van der Waals surface area (Å²) in [7, 11) is 0. The third kappa shape index (κ3) is 4.02. The van der Waals surface area contributed by atoms with Gasteiger partial charge < -0.3 is 9.80 Å². The van der Waals surface area contributed by atoms with Gasteiger partial charge in [-0.25, -0.2) is 9.50 Å². The van der Waals surface area contributed by atoms with Gasteiger partial charge in [0.25, 0.3) is 5.91 Å². The van der Waals surface area contributed by atoms with Crippen molar-refractivity contribution in [2.45, 2.75) is 26.1 Å². The van der Waals surface area contributed by atoms with Gasteiger partial charge in [-0.1, -0.05) is 18.2 Å². The van der Waals surface area contributed by atoms with Gasteiger partial charge in [0, 0.05) is 31.4 Å². The molecule has 0 saturated carbocycles. The molecule has 0 aliphatic carbocycles. The first-order valence-corrected chi connectivity index (χ1v) is 11.7. The molecule has 1 saturated heterocycles. The van der Waals surface area contributed by atoms with Gasteiger partial charge in [-0.15, -0.1) is 11.3 Å². The van der Waals surface area contributed by atoms with Crippen molar-refractivity contribution in [1.29, 1.82) is 0 Å². The Morgan fingerprint density at radius 2 is 1.97 bits per heavy atom. The van der Waals surface area contributed by atoms with Crippen LogP contribution in [0, 0.1) is 6.92 Å². The van der Waals surface area contributed by atoms with Gasteiger partial charge in [-0.3, -0.25) is 4.79 Å². The number of carbonyl (C=O) groups excluding carboxylic acids is 1. The fraction of sp³-hybridized carbons (Fsp3) is 0.292. The van der Waals surface area contributed by atoms with Crippen LogP contribution in [0.15, 0.2) is 54.0 Å². The van der Waals surface area contributed by atoms with E-state index in [2.05, 4.69) is 21.0 Å². The Kier molecular flexibility index (Phi) is 5.55. The molecule has 0 radical (unpaired) electrons. The number of aromatic nitrogens is 3. The maximum atomic E-state index is 13.8. The van der Waals surface area contributed by atoms with Crippen LogP contribution in [-0.4, -0.2) is 51.1 Å². The minimum atomic E-state index is -4.65. The molecule has 5 rings (SSSR count). The van der Waals surface area contributed by atoms with Crippen LogP contribution in [0.5, 0.6) is 0 Å². The highest BCUT2D eigenvalue weighted by Crippen LogP contribution is 2.34. The first kappa shape index (κ1) is 22.4. The molecule has 3 aromatic heterocycles. The highest BCUT2D eigenvalue weighted by atomic mass is 32.1. The van der Waals surface area contributed by atoms with Gasteiger partial charge in [0.2, 0.25) is 0 Å². The van der Waals surface area contributed by atoms with Crippen LogP contribution < -0.4 is 4.90 Å². The van der Waals surface area contributed by atoms with E-state index in [0.29, 0.717) is 24.5 Å². The monoisotopic (exact) mass is 485 g/mol. The van der Waals surface area contributed by atoms with E-state index >= 15 is 0 Å². The second-order valence-corrected chi connectivity index (χ2v) is 9.38. The van der Waals surface area contributed by atoms with Crippen molar-refractivity contribution in [2.75, 3.05) is 24.5 Å². The summed E-state index contributed by atoms with van der Waals surface area (Å²) in [6, 6.07) is 12.7. The minimum Gasteiger partial charge on any atom is -0.365 e. The minimum absolute atomic E-state index is 0.0433. The molecule has 4 heterocycles. The van der Waals surface area contributed by atoms with Crippen LogP contribution in [0.1, 0.15) is 28.5 Å². The average Bonchev–Trinajstić information content (AvgIpc) is 3.47. The first-order chi connectivity index (χ1) is 16.2. The van der Waals surface area contributed by atoms with Gasteiger partial charge in [0.1, 0.15) is 5.56 Å². The summed E-state index contributed by atoms with van der Waals surface area (Å²) in [6.07, 6.45) is -3.46. The number of rotatable bonds is 3. The molecule has 34 heavy (non-hydrogen) atoms. The molecule has 1 aliphatic heterocycles. The van der Waals surface area contributed by atoms with E-state index in [1.807, 2.05) is 32.0 Å². The zero-order valence-corrected chi connectivity index (χ0v) is 19.4. The number of hydrogen-bond donors (Lipinski definition) is 0. The molecule has 1 aliphatic rings. The molecule has 0 bridgehead atoms. The number of alkyl halides is 3. The lowest BCUT2D eigenvalue weighted by molar-refractivity contribution is -0.142. The van der Waals surface area contributed by atoms with Crippen LogP contribution in [0.4, 0.5) is 18.9 Å². The number of aryl methyl sites for hydroxylation is 1. The Bertz CT molecular complexity index is 1350. The summed E-state index contributed by atoms with van der Waals surface area (Å²) in [5.74, 6) is -0.366. The molecule has 10 heteroatoms. The van der Waals surface area contributed by atoms with E-state index in [0.717, 1.165) is 21.8 Å². The van der Waals surface area contributed by atoms with E-state index in [-0.39, 0.29) is 28.9 Å². The molecule has 1 amide bonds. The lowest BCUT2D eigenvalue weighted by Crippen LogP contribution is -2.53. The number of nitrogens with zero attached hydrogens (tertiary/aromatic N) is 5. The van der Waals surface area contributed by atoms with Gasteiger partial charge in [-0.2, -0.15) is 18.3 Å². The van der Waals surface area contributed by atoms with E-state index in [1.54, 1.807) is 22.4 Å². The predicted octanol–water partition coefficient (Wildman–Crippen LogP) is 5.14. The quantitative estimate of drug-likeness (QED) is 0.404. The van der Waals surface area contributed by atoms with E-state index in [9.17, 15) is 18.0 Å². The van der Waals surface area contributed by atoms with Gasteiger partial charge in [0.05, 0.1) is 16.8 Å². The molecule has 0 N–H and O–H groups in total. The molecule has 1 aromatic carbocycles. The number of amides is 1. The number of hydrogen-bond acceptors (Lipinski definition) is 5. The highest BCUT2D eigenvalue weighted by molar-refractivity contribution is 7.13. The van der Waals surface area contributed by atoms with Crippen LogP contribution in [0.3, 0.4) is 0 Å². The summed E-state index contributed by atoms with van der Waals surface area (Å²) in [6.45, 7) is 5.59. The van der Waals surface area contributed by atoms with Gasteiger partial charge in [-0.05, 0) is 49.1 Å². The van der Waals surface area contributed by atoms with Crippen molar-refractivity contribution in [3.8, 4) is 10.6 Å². The Labute approximate surface area is 198 Å². The number of halogens is 3. The average molecular weight is 486 g/mol. The number of carbonyl (C=O) groups is 1. The zero-order valence-electron chi connectivity index (χ0n) is 18.6. The smallest absolute Gasteiger partial charge is 0.365 e. The Morgan fingerprint density at radius 1 is 1.15 bits per heavy atom. The zero-order chi connectivity index (χ0) is 24.0. The van der Waals surface area contributed by atoms with E-state index in [4.69, 9.17) is 0 Å². The van der Waals surface area contributed by atoms with Crippen LogP contribution in [0.2, 0.25) is 0 Å². The summed E-state index contributed by atoms with van der Waals surface area (Å²) >= 11 is 1.29. The van der Waals surface area contributed by atoms with Crippen molar-refractivity contribution in [2.24, 2.45) is 0 Å². The maximum Gasteiger partial charge on any atom is 0.433 e. The predicted molar refractivity (Wildman–Crippen MR) is 125 cm³/mol. The van der Waals surface area contributed by atoms with Crippen LogP contribution in [0.25, 0.3) is 16.2 Å². The number of fused-ring (bicyclic) bond motifs is 1. The number of benzene rings is 1. The topological polar surface area (TPSA) is 53.7 Å². The third-order valence-electron chi connectivity index (χ3n) is 6.01. The maximum absolute atomic E-state index is 13.8. The molecule has 4 aromatic rings. The molecular weight excluding hydrogens is 463 g/mol. The van der Waals surface area contributed by atoms with E-state index < -0.39 is 11.9 Å². The molecule has 0 unspecified atom stereocenters. The second-order valence-electron chi connectivity index (χ2n) is 8.43. The largest absolute Gasteiger partial charge is 0.433 e. The van der Waals surface area contributed by atoms with Crippen molar-refractivity contribution >= 4 is 28.6 Å². The second kappa shape index (κ2) is 8.43. The Hall–Kier alpha value is -3.40.